The molecule has 1 unspecified atom stereocenters. The summed E-state index contributed by atoms with van der Waals surface area (Å²) in [5, 5.41) is 0. The average molecular weight is 543 g/mol. The fourth-order valence-electron chi connectivity index (χ4n) is 4.19. The quantitative estimate of drug-likeness (QED) is 0.278. The molecule has 1 atom stereocenters. The van der Waals surface area contributed by atoms with Gasteiger partial charge in [0.1, 0.15) is 5.78 Å². The number of benzene rings is 3. The van der Waals surface area contributed by atoms with Gasteiger partial charge in [0.25, 0.3) is 0 Å². The summed E-state index contributed by atoms with van der Waals surface area (Å²) in [6.45, 7) is 12.0. The Hall–Kier alpha value is -3.27. The van der Waals surface area contributed by atoms with Crippen molar-refractivity contribution in [2.75, 3.05) is 6.54 Å². The molecule has 1 aliphatic rings. The van der Waals surface area contributed by atoms with Gasteiger partial charge < -0.3 is 5.73 Å². The minimum absolute atomic E-state index is 0. The molecule has 0 saturated heterocycles. The van der Waals surface area contributed by atoms with Crippen LogP contribution in [0, 0.1) is 6.92 Å². The molecule has 0 aliphatic heterocycles. The van der Waals surface area contributed by atoms with E-state index in [9.17, 15) is 4.79 Å². The first-order valence-corrected chi connectivity index (χ1v) is 14.5. The van der Waals surface area contributed by atoms with Crippen molar-refractivity contribution in [3.8, 4) is 0 Å². The lowest BCUT2D eigenvalue weighted by Crippen LogP contribution is -2.33. The fraction of sp³-hybridized carbons (Fsp3) is 0.378. The summed E-state index contributed by atoms with van der Waals surface area (Å²) in [6, 6.07) is 30.8. The lowest BCUT2D eigenvalue weighted by atomic mass is 9.97. The van der Waals surface area contributed by atoms with Crippen LogP contribution in [0.4, 0.5) is 0 Å². The molecular formula is C37H54N2O. The minimum atomic E-state index is -0.114. The molecule has 4 rings (SSSR count). The Balaban J connectivity index is 0.00000108. The summed E-state index contributed by atoms with van der Waals surface area (Å²) in [5.41, 5.74) is 11.3. The number of rotatable bonds is 10. The Morgan fingerprint density at radius 2 is 1.25 bits per heavy atom. The Bertz CT molecular complexity index is 1020. The van der Waals surface area contributed by atoms with E-state index >= 15 is 0 Å². The SMILES string of the molecule is C.CC.CC.Cc1ccccc1.NC(CC(=O)CN(Cc1ccccc1)Cc1ccccc1)CC1=CCCC=C1. The third-order valence-electron chi connectivity index (χ3n) is 5.90. The molecule has 0 amide bonds. The number of hydrogen-bond acceptors (Lipinski definition) is 3. The predicted molar refractivity (Wildman–Crippen MR) is 176 cm³/mol. The average Bonchev–Trinajstić information content (AvgIpc) is 2.97. The van der Waals surface area contributed by atoms with Crippen LogP contribution >= 0.6 is 0 Å². The normalized spacial score (nSPS) is 12.1. The standard InChI is InChI=1S/C25H30N2O.C7H8.2C2H6.CH4/c26-24(16-21-10-4-1-5-11-21)17-25(28)20-27(18-22-12-6-2-7-13-22)19-23-14-8-3-9-15-23;1-7-5-3-2-4-6-7;2*1-2;/h2-4,6-15,24H,1,5,16-20,26H2;2-6H,1H3;2*1-2H3;1H4. The van der Waals surface area contributed by atoms with Gasteiger partial charge in [0.15, 0.2) is 0 Å². The summed E-state index contributed by atoms with van der Waals surface area (Å²) in [6.07, 6.45) is 9.95. The smallest absolute Gasteiger partial charge is 0.148 e. The van der Waals surface area contributed by atoms with E-state index in [1.165, 1.54) is 22.3 Å². The molecule has 0 spiro atoms. The molecule has 0 radical (unpaired) electrons. The number of carbonyl (C=O) groups excluding carboxylic acids is 1. The molecule has 3 aromatic rings. The van der Waals surface area contributed by atoms with Gasteiger partial charge in [-0.25, -0.2) is 0 Å². The van der Waals surface area contributed by atoms with Gasteiger partial charge in [-0.3, -0.25) is 9.69 Å². The number of aryl methyl sites for hydroxylation is 1. The summed E-state index contributed by atoms with van der Waals surface area (Å²) >= 11 is 0. The molecule has 0 fully saturated rings. The van der Waals surface area contributed by atoms with Crippen LogP contribution in [0.5, 0.6) is 0 Å². The Labute approximate surface area is 245 Å². The van der Waals surface area contributed by atoms with Gasteiger partial charge in [0.2, 0.25) is 0 Å². The molecule has 3 heteroatoms. The van der Waals surface area contributed by atoms with Gasteiger partial charge in [-0.2, -0.15) is 0 Å². The van der Waals surface area contributed by atoms with Crippen molar-refractivity contribution >= 4 is 5.78 Å². The molecule has 0 saturated carbocycles. The maximum Gasteiger partial charge on any atom is 0.148 e. The van der Waals surface area contributed by atoms with Gasteiger partial charge >= 0.3 is 0 Å². The second-order valence-electron chi connectivity index (χ2n) is 9.24. The molecule has 0 aromatic heterocycles. The number of ketones is 1. The Morgan fingerprint density at radius 1 is 0.775 bits per heavy atom. The first-order chi connectivity index (χ1) is 19.1. The van der Waals surface area contributed by atoms with Crippen molar-refractivity contribution in [3.05, 3.63) is 131 Å². The minimum Gasteiger partial charge on any atom is -0.327 e. The topological polar surface area (TPSA) is 46.3 Å². The van der Waals surface area contributed by atoms with E-state index in [0.29, 0.717) is 13.0 Å². The van der Waals surface area contributed by atoms with Crippen LogP contribution in [0.3, 0.4) is 0 Å². The van der Waals surface area contributed by atoms with Crippen molar-refractivity contribution in [1.82, 2.24) is 4.90 Å². The number of nitrogens with two attached hydrogens (primary N) is 1. The van der Waals surface area contributed by atoms with Gasteiger partial charge in [0, 0.05) is 25.6 Å². The maximum absolute atomic E-state index is 12.7. The lowest BCUT2D eigenvalue weighted by molar-refractivity contribution is -0.120. The summed E-state index contributed by atoms with van der Waals surface area (Å²) in [5.74, 6) is 0.208. The number of allylic oxidation sites excluding steroid dienone is 3. The number of carbonyl (C=O) groups is 1. The van der Waals surface area contributed by atoms with Crippen LogP contribution in [0.25, 0.3) is 0 Å². The van der Waals surface area contributed by atoms with E-state index < -0.39 is 0 Å². The Morgan fingerprint density at radius 3 is 1.65 bits per heavy atom. The molecule has 2 N–H and O–H groups in total. The predicted octanol–water partition coefficient (Wildman–Crippen LogP) is 9.33. The third kappa shape index (κ3) is 16.6. The van der Waals surface area contributed by atoms with Gasteiger partial charge in [-0.05, 0) is 37.3 Å². The van der Waals surface area contributed by atoms with Crippen molar-refractivity contribution < 1.29 is 4.79 Å². The van der Waals surface area contributed by atoms with Gasteiger partial charge in [0.05, 0.1) is 6.54 Å². The molecule has 0 bridgehead atoms. The number of Topliss-reactive ketones (excluding diaryl/α,β-unsaturated/α-hetero) is 1. The monoisotopic (exact) mass is 542 g/mol. The zero-order valence-electron chi connectivity index (χ0n) is 24.9. The van der Waals surface area contributed by atoms with E-state index in [1.54, 1.807) is 0 Å². The highest BCUT2D eigenvalue weighted by molar-refractivity contribution is 5.81. The van der Waals surface area contributed by atoms with Crippen LogP contribution in [0.15, 0.2) is 115 Å². The largest absolute Gasteiger partial charge is 0.327 e. The Kier molecular flexibility index (Phi) is 21.7. The molecular weight excluding hydrogens is 488 g/mol. The lowest BCUT2D eigenvalue weighted by Gasteiger charge is -2.23. The highest BCUT2D eigenvalue weighted by Crippen LogP contribution is 2.16. The fourth-order valence-corrected chi connectivity index (χ4v) is 4.19. The number of nitrogens with zero attached hydrogens (tertiary/aromatic N) is 1. The van der Waals surface area contributed by atoms with Crippen LogP contribution in [-0.2, 0) is 17.9 Å². The van der Waals surface area contributed by atoms with Crippen molar-refractivity contribution in [1.29, 1.82) is 0 Å². The van der Waals surface area contributed by atoms with Crippen LogP contribution in [-0.4, -0.2) is 23.3 Å². The molecule has 3 nitrogen and oxygen atoms in total. The summed E-state index contributed by atoms with van der Waals surface area (Å²) < 4.78 is 0. The highest BCUT2D eigenvalue weighted by Gasteiger charge is 2.16. The third-order valence-corrected chi connectivity index (χ3v) is 5.90. The zero-order valence-corrected chi connectivity index (χ0v) is 24.9. The van der Waals surface area contributed by atoms with E-state index in [4.69, 9.17) is 5.73 Å². The zero-order chi connectivity index (χ0) is 28.7. The van der Waals surface area contributed by atoms with Crippen LogP contribution in [0.1, 0.15) is 77.5 Å². The molecule has 218 valence electrons. The van der Waals surface area contributed by atoms with Crippen molar-refractivity contribution in [2.24, 2.45) is 5.73 Å². The van der Waals surface area contributed by atoms with Crippen molar-refractivity contribution in [2.45, 2.75) is 86.9 Å². The van der Waals surface area contributed by atoms with Crippen LogP contribution in [0.2, 0.25) is 0 Å². The van der Waals surface area contributed by atoms with E-state index in [1.807, 2.05) is 82.3 Å². The molecule has 3 aromatic carbocycles. The first kappa shape index (κ1) is 36.7. The molecule has 1 aliphatic carbocycles. The van der Waals surface area contributed by atoms with Gasteiger partial charge in [-0.15, -0.1) is 0 Å². The van der Waals surface area contributed by atoms with E-state index in [2.05, 4.69) is 66.4 Å². The van der Waals surface area contributed by atoms with Gasteiger partial charge in [-0.1, -0.05) is 155 Å². The van der Waals surface area contributed by atoms with E-state index in [-0.39, 0.29) is 19.3 Å². The second kappa shape index (κ2) is 23.6. The highest BCUT2D eigenvalue weighted by atomic mass is 16.1. The van der Waals surface area contributed by atoms with Crippen molar-refractivity contribution in [3.63, 3.8) is 0 Å². The first-order valence-electron chi connectivity index (χ1n) is 14.5. The molecule has 0 heterocycles. The summed E-state index contributed by atoms with van der Waals surface area (Å²) in [4.78, 5) is 14.9. The maximum atomic E-state index is 12.7. The molecule has 40 heavy (non-hydrogen) atoms. The van der Waals surface area contributed by atoms with Crippen LogP contribution < -0.4 is 5.73 Å². The van der Waals surface area contributed by atoms with E-state index in [0.717, 1.165) is 32.4 Å². The summed E-state index contributed by atoms with van der Waals surface area (Å²) in [7, 11) is 0. The number of hydrogen-bond donors (Lipinski definition) is 1. The second-order valence-corrected chi connectivity index (χ2v) is 9.24.